The minimum absolute atomic E-state index is 0.0315. The second-order valence-electron chi connectivity index (χ2n) is 8.72. The van der Waals surface area contributed by atoms with Gasteiger partial charge in [-0.1, -0.05) is 11.6 Å². The first-order valence-electron chi connectivity index (χ1n) is 11.1. The summed E-state index contributed by atoms with van der Waals surface area (Å²) in [6.45, 7) is 3.82. The lowest BCUT2D eigenvalue weighted by Gasteiger charge is -2.22. The Morgan fingerprint density at radius 1 is 1.19 bits per heavy atom. The molecule has 1 atom stereocenters. The number of aromatic carboxylic acids is 1. The standard InChI is InChI=1S/C25H22ClF2N5O4/c1-12-20(14-7-8-32(4)19(34)9-14)31-22-16(10-15(25(3,27)28)11-33(22)23(12)35)13(2)29-17-5-6-18(26)30-21(17)24(36)37/h5-11,13,29H,1-4H3,(H,36,37)/t13-/m1/s1. The number of rotatable bonds is 6. The van der Waals surface area contributed by atoms with Gasteiger partial charge in [-0.15, -0.1) is 0 Å². The summed E-state index contributed by atoms with van der Waals surface area (Å²) in [5.74, 6) is -4.62. The molecule has 0 bridgehead atoms. The van der Waals surface area contributed by atoms with E-state index in [1.54, 1.807) is 20.0 Å². The van der Waals surface area contributed by atoms with Crippen LogP contribution in [0.3, 0.4) is 0 Å². The molecule has 0 saturated carbocycles. The zero-order chi connectivity index (χ0) is 27.2. The van der Waals surface area contributed by atoms with E-state index < -0.39 is 29.1 Å². The monoisotopic (exact) mass is 529 g/mol. The number of pyridine rings is 3. The Labute approximate surface area is 214 Å². The number of nitrogens with zero attached hydrogens (tertiary/aromatic N) is 4. The molecule has 0 aliphatic rings. The lowest BCUT2D eigenvalue weighted by atomic mass is 10.0. The van der Waals surface area contributed by atoms with Gasteiger partial charge in [0.2, 0.25) is 0 Å². The fraction of sp³-hybridized carbons (Fsp3) is 0.240. The first-order chi connectivity index (χ1) is 17.3. The number of halogens is 3. The molecule has 0 unspecified atom stereocenters. The van der Waals surface area contributed by atoms with Crippen LogP contribution in [0.25, 0.3) is 16.9 Å². The van der Waals surface area contributed by atoms with Gasteiger partial charge in [-0.3, -0.25) is 14.0 Å². The van der Waals surface area contributed by atoms with E-state index in [0.29, 0.717) is 12.5 Å². The quantitative estimate of drug-likeness (QED) is 0.355. The van der Waals surface area contributed by atoms with Crippen molar-refractivity contribution >= 4 is 28.9 Å². The molecular weight excluding hydrogens is 508 g/mol. The molecule has 2 N–H and O–H groups in total. The number of aromatic nitrogens is 4. The molecule has 0 fully saturated rings. The van der Waals surface area contributed by atoms with Crippen molar-refractivity contribution in [3.63, 3.8) is 0 Å². The van der Waals surface area contributed by atoms with Gasteiger partial charge in [0, 0.05) is 54.7 Å². The van der Waals surface area contributed by atoms with Crippen molar-refractivity contribution < 1.29 is 18.7 Å². The maximum Gasteiger partial charge on any atom is 0.356 e. The van der Waals surface area contributed by atoms with E-state index in [1.807, 2.05) is 0 Å². The van der Waals surface area contributed by atoms with Crippen molar-refractivity contribution in [2.24, 2.45) is 7.05 Å². The van der Waals surface area contributed by atoms with Gasteiger partial charge in [0.1, 0.15) is 10.8 Å². The van der Waals surface area contributed by atoms with Gasteiger partial charge in [0.15, 0.2) is 5.69 Å². The smallest absolute Gasteiger partial charge is 0.356 e. The Morgan fingerprint density at radius 2 is 1.89 bits per heavy atom. The van der Waals surface area contributed by atoms with E-state index in [-0.39, 0.29) is 44.6 Å². The SMILES string of the molecule is Cc1c(-c2ccn(C)c(=O)c2)nc2c([C@@H](C)Nc3ccc(Cl)nc3C(=O)O)cc(C(C)(F)F)cn2c1=O. The number of alkyl halides is 2. The van der Waals surface area contributed by atoms with Crippen molar-refractivity contribution in [3.8, 4) is 11.3 Å². The van der Waals surface area contributed by atoms with Crippen LogP contribution in [0.2, 0.25) is 5.15 Å². The van der Waals surface area contributed by atoms with Crippen LogP contribution in [-0.2, 0) is 13.0 Å². The second kappa shape index (κ2) is 9.40. The Balaban J connectivity index is 1.98. The van der Waals surface area contributed by atoms with E-state index in [9.17, 15) is 28.3 Å². The number of fused-ring (bicyclic) bond motifs is 1. The number of aryl methyl sites for hydroxylation is 1. The molecule has 0 aliphatic heterocycles. The highest BCUT2D eigenvalue weighted by molar-refractivity contribution is 6.29. The van der Waals surface area contributed by atoms with Gasteiger partial charge >= 0.3 is 5.97 Å². The molecule has 4 heterocycles. The van der Waals surface area contributed by atoms with Crippen LogP contribution in [0.1, 0.15) is 47.1 Å². The van der Waals surface area contributed by atoms with E-state index in [2.05, 4.69) is 15.3 Å². The molecule has 0 aromatic carbocycles. The summed E-state index contributed by atoms with van der Waals surface area (Å²) in [5, 5.41) is 12.5. The molecule has 0 aliphatic carbocycles. The average molecular weight is 530 g/mol. The molecular formula is C25H22ClF2N5O4. The molecule has 4 aromatic rings. The second-order valence-corrected chi connectivity index (χ2v) is 9.11. The summed E-state index contributed by atoms with van der Waals surface area (Å²) >= 11 is 5.83. The summed E-state index contributed by atoms with van der Waals surface area (Å²) in [5.41, 5.74) is -0.528. The first-order valence-corrected chi connectivity index (χ1v) is 11.4. The number of carboxylic acid groups (broad SMARTS) is 1. The number of carboxylic acids is 1. The van der Waals surface area contributed by atoms with Crippen molar-refractivity contribution in [2.45, 2.75) is 32.7 Å². The average Bonchev–Trinajstić information content (AvgIpc) is 2.82. The molecule has 192 valence electrons. The Kier molecular flexibility index (Phi) is 6.59. The summed E-state index contributed by atoms with van der Waals surface area (Å²) in [4.78, 5) is 45.7. The summed E-state index contributed by atoms with van der Waals surface area (Å²) in [6.07, 6.45) is 2.57. The first kappa shape index (κ1) is 26.0. The molecule has 9 nitrogen and oxygen atoms in total. The van der Waals surface area contributed by atoms with Crippen LogP contribution in [0, 0.1) is 6.92 Å². The predicted octanol–water partition coefficient (Wildman–Crippen LogP) is 4.40. The van der Waals surface area contributed by atoms with Gasteiger partial charge in [0.05, 0.1) is 17.4 Å². The summed E-state index contributed by atoms with van der Waals surface area (Å²) < 4.78 is 31.3. The van der Waals surface area contributed by atoms with Crippen LogP contribution in [0.5, 0.6) is 0 Å². The maximum atomic E-state index is 14.4. The van der Waals surface area contributed by atoms with Gasteiger partial charge in [-0.05, 0) is 38.1 Å². The Morgan fingerprint density at radius 3 is 2.51 bits per heavy atom. The van der Waals surface area contributed by atoms with Gasteiger partial charge in [-0.2, -0.15) is 0 Å². The lowest BCUT2D eigenvalue weighted by Crippen LogP contribution is -2.24. The minimum atomic E-state index is -3.28. The highest BCUT2D eigenvalue weighted by Crippen LogP contribution is 2.32. The fourth-order valence-corrected chi connectivity index (χ4v) is 4.06. The molecule has 0 spiro atoms. The van der Waals surface area contributed by atoms with Crippen LogP contribution in [0.15, 0.2) is 52.3 Å². The van der Waals surface area contributed by atoms with Gasteiger partial charge in [-0.25, -0.2) is 23.5 Å². The Bertz CT molecular complexity index is 1680. The maximum absolute atomic E-state index is 14.4. The molecule has 4 rings (SSSR count). The van der Waals surface area contributed by atoms with Crippen molar-refractivity contribution in [3.05, 3.63) is 91.0 Å². The molecule has 12 heteroatoms. The summed E-state index contributed by atoms with van der Waals surface area (Å²) in [7, 11) is 1.58. The van der Waals surface area contributed by atoms with Crippen molar-refractivity contribution in [2.75, 3.05) is 5.32 Å². The Hall–Kier alpha value is -4.12. The fourth-order valence-electron chi connectivity index (χ4n) is 3.92. The zero-order valence-corrected chi connectivity index (χ0v) is 21.0. The third kappa shape index (κ3) is 4.94. The normalized spacial score (nSPS) is 12.5. The van der Waals surface area contributed by atoms with Crippen LogP contribution >= 0.6 is 11.6 Å². The van der Waals surface area contributed by atoms with Crippen LogP contribution in [0.4, 0.5) is 14.5 Å². The summed E-state index contributed by atoms with van der Waals surface area (Å²) in [6, 6.07) is 6.17. The number of hydrogen-bond acceptors (Lipinski definition) is 6. The van der Waals surface area contributed by atoms with E-state index >= 15 is 0 Å². The van der Waals surface area contributed by atoms with E-state index in [0.717, 1.165) is 10.6 Å². The molecule has 0 radical (unpaired) electrons. The molecule has 4 aromatic heterocycles. The van der Waals surface area contributed by atoms with Gasteiger partial charge < -0.3 is 15.0 Å². The zero-order valence-electron chi connectivity index (χ0n) is 20.2. The predicted molar refractivity (Wildman–Crippen MR) is 135 cm³/mol. The number of nitrogens with one attached hydrogen (secondary N) is 1. The van der Waals surface area contributed by atoms with Crippen LogP contribution < -0.4 is 16.4 Å². The molecule has 37 heavy (non-hydrogen) atoms. The minimum Gasteiger partial charge on any atom is -0.476 e. The number of anilines is 1. The largest absolute Gasteiger partial charge is 0.476 e. The van der Waals surface area contributed by atoms with Crippen molar-refractivity contribution in [1.82, 2.24) is 18.9 Å². The third-order valence-electron chi connectivity index (χ3n) is 5.97. The highest BCUT2D eigenvalue weighted by atomic mass is 35.5. The third-order valence-corrected chi connectivity index (χ3v) is 6.18. The van der Waals surface area contributed by atoms with E-state index in [4.69, 9.17) is 11.6 Å². The van der Waals surface area contributed by atoms with E-state index in [1.165, 1.54) is 42.0 Å². The number of carbonyl (C=O) groups is 1. The van der Waals surface area contributed by atoms with Crippen LogP contribution in [-0.4, -0.2) is 30.0 Å². The highest BCUT2D eigenvalue weighted by Gasteiger charge is 2.28. The van der Waals surface area contributed by atoms with Crippen molar-refractivity contribution in [1.29, 1.82) is 0 Å². The molecule has 0 saturated heterocycles. The number of hydrogen-bond donors (Lipinski definition) is 2. The lowest BCUT2D eigenvalue weighted by molar-refractivity contribution is 0.0169. The van der Waals surface area contributed by atoms with Gasteiger partial charge in [0.25, 0.3) is 17.0 Å². The topological polar surface area (TPSA) is 119 Å². The molecule has 0 amide bonds.